The maximum Gasteiger partial charge on any atom is 0.435 e. The lowest BCUT2D eigenvalue weighted by Crippen LogP contribution is -2.14. The molecule has 1 atom stereocenters. The third kappa shape index (κ3) is 3.55. The van der Waals surface area contributed by atoms with Gasteiger partial charge in [-0.2, -0.15) is 18.3 Å². The van der Waals surface area contributed by atoms with E-state index < -0.39 is 40.9 Å². The number of halogens is 6. The Bertz CT molecular complexity index is 970. The summed E-state index contributed by atoms with van der Waals surface area (Å²) in [5.41, 5.74) is 3.53. The summed E-state index contributed by atoms with van der Waals surface area (Å²) in [5.74, 6) is -2.90. The number of nitrogens with zero attached hydrogens (tertiary/aromatic N) is 2. The maximum absolute atomic E-state index is 14.5. The Morgan fingerprint density at radius 1 is 0.963 bits per heavy atom. The molecular weight excluding hydrogens is 372 g/mol. The first-order valence-corrected chi connectivity index (χ1v) is 7.70. The van der Waals surface area contributed by atoms with Gasteiger partial charge in [0.15, 0.2) is 5.69 Å². The molecule has 2 N–H and O–H groups in total. The number of alkyl halides is 3. The molecule has 1 aromatic heterocycles. The Morgan fingerprint density at radius 3 is 2.07 bits per heavy atom. The van der Waals surface area contributed by atoms with Crippen molar-refractivity contribution in [2.45, 2.75) is 12.2 Å². The molecule has 0 bridgehead atoms. The number of nitrogens with two attached hydrogens (primary N) is 1. The van der Waals surface area contributed by atoms with Crippen molar-refractivity contribution >= 4 is 0 Å². The Hall–Kier alpha value is -2.81. The Kier molecular flexibility index (Phi) is 4.73. The number of rotatable bonds is 3. The van der Waals surface area contributed by atoms with E-state index in [1.165, 1.54) is 18.2 Å². The molecule has 0 saturated carbocycles. The lowest BCUT2D eigenvalue weighted by molar-refractivity contribution is -0.141. The molecule has 0 saturated heterocycles. The van der Waals surface area contributed by atoms with E-state index in [1.807, 2.05) is 0 Å². The number of aryl methyl sites for hydroxylation is 1. The van der Waals surface area contributed by atoms with Crippen LogP contribution in [0.15, 0.2) is 42.5 Å². The van der Waals surface area contributed by atoms with Crippen molar-refractivity contribution in [3.63, 3.8) is 0 Å². The predicted molar refractivity (Wildman–Crippen MR) is 86.0 cm³/mol. The smallest absolute Gasteiger partial charge is 0.320 e. The largest absolute Gasteiger partial charge is 0.435 e. The lowest BCUT2D eigenvalue weighted by Gasteiger charge is -2.15. The van der Waals surface area contributed by atoms with Gasteiger partial charge in [0.05, 0.1) is 17.3 Å². The second-order valence-electron chi connectivity index (χ2n) is 5.89. The molecule has 0 amide bonds. The zero-order chi connectivity index (χ0) is 19.9. The van der Waals surface area contributed by atoms with Crippen LogP contribution in [0.4, 0.5) is 26.3 Å². The highest BCUT2D eigenvalue weighted by Crippen LogP contribution is 2.35. The molecule has 27 heavy (non-hydrogen) atoms. The van der Waals surface area contributed by atoms with E-state index in [4.69, 9.17) is 5.73 Å². The highest BCUT2D eigenvalue weighted by Gasteiger charge is 2.35. The van der Waals surface area contributed by atoms with Gasteiger partial charge in [-0.3, -0.25) is 4.68 Å². The van der Waals surface area contributed by atoms with E-state index in [0.29, 0.717) is 6.07 Å². The van der Waals surface area contributed by atoms with Crippen LogP contribution in [0.25, 0.3) is 11.3 Å². The van der Waals surface area contributed by atoms with Gasteiger partial charge in [-0.1, -0.05) is 18.2 Å². The van der Waals surface area contributed by atoms with Gasteiger partial charge in [0.2, 0.25) is 0 Å². The fourth-order valence-corrected chi connectivity index (χ4v) is 2.76. The van der Waals surface area contributed by atoms with Gasteiger partial charge in [-0.25, -0.2) is 13.2 Å². The first-order chi connectivity index (χ1) is 12.6. The van der Waals surface area contributed by atoms with Gasteiger partial charge in [0, 0.05) is 12.6 Å². The molecule has 3 nitrogen and oxygen atoms in total. The van der Waals surface area contributed by atoms with E-state index >= 15 is 0 Å². The van der Waals surface area contributed by atoms with Crippen LogP contribution in [0.5, 0.6) is 0 Å². The number of benzene rings is 2. The van der Waals surface area contributed by atoms with Gasteiger partial charge < -0.3 is 5.73 Å². The molecule has 0 aliphatic carbocycles. The Labute approximate surface area is 150 Å². The molecular formula is C18H13F6N3. The van der Waals surface area contributed by atoms with Gasteiger partial charge in [0.1, 0.15) is 17.5 Å². The molecule has 2 aromatic carbocycles. The zero-order valence-corrected chi connectivity index (χ0v) is 13.9. The first-order valence-electron chi connectivity index (χ1n) is 7.70. The number of aromatic nitrogens is 2. The van der Waals surface area contributed by atoms with E-state index in [2.05, 4.69) is 5.10 Å². The topological polar surface area (TPSA) is 43.8 Å². The SMILES string of the molecule is Cn1nc(C(F)(F)F)cc1-c1c(F)cc(C(N)c2ccccc2F)cc1F. The van der Waals surface area contributed by atoms with Crippen LogP contribution in [0.1, 0.15) is 22.9 Å². The van der Waals surface area contributed by atoms with Crippen LogP contribution in [0, 0.1) is 17.5 Å². The monoisotopic (exact) mass is 385 g/mol. The van der Waals surface area contributed by atoms with Crippen molar-refractivity contribution in [2.24, 2.45) is 12.8 Å². The molecule has 3 aromatic rings. The average molecular weight is 385 g/mol. The van der Waals surface area contributed by atoms with E-state index in [0.717, 1.165) is 29.9 Å². The minimum atomic E-state index is -4.75. The Morgan fingerprint density at radius 2 is 1.56 bits per heavy atom. The molecule has 0 fully saturated rings. The minimum Gasteiger partial charge on any atom is -0.320 e. The third-order valence-corrected chi connectivity index (χ3v) is 4.09. The second kappa shape index (κ2) is 6.73. The average Bonchev–Trinajstić information content (AvgIpc) is 2.96. The van der Waals surface area contributed by atoms with Crippen LogP contribution in [0.2, 0.25) is 0 Å². The van der Waals surface area contributed by atoms with Crippen molar-refractivity contribution in [1.29, 1.82) is 0 Å². The van der Waals surface area contributed by atoms with Gasteiger partial charge in [-0.15, -0.1) is 0 Å². The summed E-state index contributed by atoms with van der Waals surface area (Å²) in [6, 6.07) is 6.64. The summed E-state index contributed by atoms with van der Waals surface area (Å²) in [6.07, 6.45) is -4.75. The summed E-state index contributed by atoms with van der Waals surface area (Å²) >= 11 is 0. The third-order valence-electron chi connectivity index (χ3n) is 4.09. The molecule has 142 valence electrons. The van der Waals surface area contributed by atoms with Crippen LogP contribution in [-0.4, -0.2) is 9.78 Å². The predicted octanol–water partition coefficient (Wildman–Crippen LogP) is 4.57. The fourth-order valence-electron chi connectivity index (χ4n) is 2.76. The van der Waals surface area contributed by atoms with Gasteiger partial charge in [-0.05, 0) is 29.8 Å². The maximum atomic E-state index is 14.5. The van der Waals surface area contributed by atoms with E-state index in [9.17, 15) is 26.3 Å². The summed E-state index contributed by atoms with van der Waals surface area (Å²) in [6.45, 7) is 0. The molecule has 1 unspecified atom stereocenters. The van der Waals surface area contributed by atoms with Crippen LogP contribution < -0.4 is 5.73 Å². The minimum absolute atomic E-state index is 0.0314. The summed E-state index contributed by atoms with van der Waals surface area (Å²) in [7, 11) is 1.14. The second-order valence-corrected chi connectivity index (χ2v) is 5.89. The van der Waals surface area contributed by atoms with Crippen molar-refractivity contribution in [3.05, 3.63) is 76.7 Å². The summed E-state index contributed by atoms with van der Waals surface area (Å²) in [4.78, 5) is 0. The molecule has 0 radical (unpaired) electrons. The van der Waals surface area contributed by atoms with Gasteiger partial charge >= 0.3 is 6.18 Å². The van der Waals surface area contributed by atoms with E-state index in [1.54, 1.807) is 0 Å². The highest BCUT2D eigenvalue weighted by atomic mass is 19.4. The lowest BCUT2D eigenvalue weighted by atomic mass is 9.96. The number of hydrogen-bond acceptors (Lipinski definition) is 2. The van der Waals surface area contributed by atoms with Crippen LogP contribution in [-0.2, 0) is 13.2 Å². The molecule has 1 heterocycles. The Balaban J connectivity index is 2.07. The quantitative estimate of drug-likeness (QED) is 0.672. The first kappa shape index (κ1) is 19.0. The van der Waals surface area contributed by atoms with Crippen molar-refractivity contribution in [3.8, 4) is 11.3 Å². The van der Waals surface area contributed by atoms with Crippen LogP contribution >= 0.6 is 0 Å². The summed E-state index contributed by atoms with van der Waals surface area (Å²) in [5, 5.41) is 3.24. The fraction of sp³-hybridized carbons (Fsp3) is 0.167. The molecule has 3 rings (SSSR count). The van der Waals surface area contributed by atoms with Crippen LogP contribution in [0.3, 0.4) is 0 Å². The summed E-state index contributed by atoms with van der Waals surface area (Å²) < 4.78 is 82.0. The normalized spacial score (nSPS) is 13.0. The van der Waals surface area contributed by atoms with Gasteiger partial charge in [0.25, 0.3) is 0 Å². The zero-order valence-electron chi connectivity index (χ0n) is 13.9. The molecule has 9 heteroatoms. The highest BCUT2D eigenvalue weighted by molar-refractivity contribution is 5.63. The van der Waals surface area contributed by atoms with Crippen molar-refractivity contribution in [1.82, 2.24) is 9.78 Å². The molecule has 0 aliphatic heterocycles. The van der Waals surface area contributed by atoms with Crippen molar-refractivity contribution in [2.75, 3.05) is 0 Å². The standard InChI is InChI=1S/C18H13F6N3/c1-27-14(8-15(26-27)18(22,23)24)16-12(20)6-9(7-13(16)21)17(25)10-4-2-3-5-11(10)19/h2-8,17H,25H2,1H3. The van der Waals surface area contributed by atoms with Crippen molar-refractivity contribution < 1.29 is 26.3 Å². The van der Waals surface area contributed by atoms with E-state index in [-0.39, 0.29) is 16.8 Å². The molecule has 0 spiro atoms. The number of hydrogen-bond donors (Lipinski definition) is 1. The molecule has 0 aliphatic rings.